The number of likely N-dealkylation sites (tertiary alicyclic amines) is 1. The molecule has 0 aliphatic carbocycles. The molecule has 2 saturated heterocycles. The van der Waals surface area contributed by atoms with Crippen molar-refractivity contribution < 1.29 is 9.18 Å². The van der Waals surface area contributed by atoms with Gasteiger partial charge in [-0.25, -0.2) is 4.39 Å². The predicted molar refractivity (Wildman–Crippen MR) is 137 cm³/mol. The van der Waals surface area contributed by atoms with Crippen LogP contribution in [0, 0.1) is 5.82 Å². The van der Waals surface area contributed by atoms with Crippen LogP contribution in [0.3, 0.4) is 0 Å². The summed E-state index contributed by atoms with van der Waals surface area (Å²) >= 11 is 0. The number of nitrogens with zero attached hydrogens (tertiary/aromatic N) is 4. The van der Waals surface area contributed by atoms with Crippen molar-refractivity contribution in [2.75, 3.05) is 59.4 Å². The summed E-state index contributed by atoms with van der Waals surface area (Å²) in [5.74, 6) is 0.938. The standard InChI is InChI=1S/C23H33FN6O.HI/c1-25-23(26-8-7-18-16-27-21-6-5-19(24)15-20(18)21)30-13-11-28(12-14-30)17-22(31)29-9-3-2-4-10-29;/h5-6,15-16,27H,2-4,7-14,17H2,1H3,(H,25,26);1H. The van der Waals surface area contributed by atoms with Gasteiger partial charge in [0.1, 0.15) is 5.82 Å². The maximum atomic E-state index is 13.6. The summed E-state index contributed by atoms with van der Waals surface area (Å²) in [4.78, 5) is 26.7. The Morgan fingerprint density at radius 2 is 1.84 bits per heavy atom. The third-order valence-electron chi connectivity index (χ3n) is 6.36. The van der Waals surface area contributed by atoms with Gasteiger partial charge in [0, 0.05) is 70.0 Å². The van der Waals surface area contributed by atoms with E-state index in [-0.39, 0.29) is 35.7 Å². The smallest absolute Gasteiger partial charge is 0.236 e. The van der Waals surface area contributed by atoms with Gasteiger partial charge in [-0.2, -0.15) is 0 Å². The Morgan fingerprint density at radius 3 is 2.56 bits per heavy atom. The Labute approximate surface area is 206 Å². The topological polar surface area (TPSA) is 67.0 Å². The van der Waals surface area contributed by atoms with Gasteiger partial charge in [0.25, 0.3) is 0 Å². The van der Waals surface area contributed by atoms with Crippen LogP contribution in [0.2, 0.25) is 0 Å². The Kier molecular flexibility index (Phi) is 9.15. The average Bonchev–Trinajstić information content (AvgIpc) is 3.20. The highest BCUT2D eigenvalue weighted by atomic mass is 127. The summed E-state index contributed by atoms with van der Waals surface area (Å²) in [6.45, 7) is 6.51. The van der Waals surface area contributed by atoms with E-state index >= 15 is 0 Å². The fourth-order valence-corrected chi connectivity index (χ4v) is 4.55. The molecule has 2 fully saturated rings. The number of piperazine rings is 1. The number of amides is 1. The summed E-state index contributed by atoms with van der Waals surface area (Å²) in [5.41, 5.74) is 2.05. The average molecular weight is 556 g/mol. The molecule has 0 atom stereocenters. The fraction of sp³-hybridized carbons (Fsp3) is 0.565. The van der Waals surface area contributed by atoms with Crippen LogP contribution in [0.5, 0.6) is 0 Å². The van der Waals surface area contributed by atoms with Gasteiger partial charge in [0.2, 0.25) is 5.91 Å². The number of halogens is 2. The van der Waals surface area contributed by atoms with E-state index in [2.05, 4.69) is 25.1 Å². The van der Waals surface area contributed by atoms with Crippen molar-refractivity contribution >= 4 is 46.7 Å². The normalized spacial score (nSPS) is 18.0. The number of carbonyl (C=O) groups excluding carboxylic acids is 1. The summed E-state index contributed by atoms with van der Waals surface area (Å²) < 4.78 is 13.6. The molecule has 0 bridgehead atoms. The molecule has 1 amide bonds. The second kappa shape index (κ2) is 11.8. The van der Waals surface area contributed by atoms with Gasteiger partial charge in [-0.1, -0.05) is 0 Å². The number of fused-ring (bicyclic) bond motifs is 1. The minimum Gasteiger partial charge on any atom is -0.361 e. The van der Waals surface area contributed by atoms with Crippen LogP contribution in [-0.2, 0) is 11.2 Å². The Balaban J connectivity index is 0.00000289. The van der Waals surface area contributed by atoms with Crippen molar-refractivity contribution in [2.45, 2.75) is 25.7 Å². The van der Waals surface area contributed by atoms with Gasteiger partial charge < -0.3 is 20.1 Å². The third kappa shape index (κ3) is 6.12. The molecule has 0 radical (unpaired) electrons. The summed E-state index contributed by atoms with van der Waals surface area (Å²) in [6, 6.07) is 4.83. The van der Waals surface area contributed by atoms with Gasteiger partial charge in [-0.15, -0.1) is 24.0 Å². The molecule has 1 aromatic carbocycles. The number of H-pyrrole nitrogens is 1. The Morgan fingerprint density at radius 1 is 1.09 bits per heavy atom. The molecular weight excluding hydrogens is 522 g/mol. The zero-order valence-corrected chi connectivity index (χ0v) is 21.1. The highest BCUT2D eigenvalue weighted by molar-refractivity contribution is 14.0. The Bertz CT molecular complexity index is 918. The molecule has 0 unspecified atom stereocenters. The van der Waals surface area contributed by atoms with Crippen molar-refractivity contribution in [3.05, 3.63) is 35.8 Å². The first-order valence-corrected chi connectivity index (χ1v) is 11.4. The molecule has 9 heteroatoms. The second-order valence-corrected chi connectivity index (χ2v) is 8.43. The van der Waals surface area contributed by atoms with Crippen LogP contribution >= 0.6 is 24.0 Å². The Hall–Kier alpha value is -1.88. The number of guanidine groups is 1. The lowest BCUT2D eigenvalue weighted by Crippen LogP contribution is -2.54. The molecule has 176 valence electrons. The van der Waals surface area contributed by atoms with Gasteiger partial charge >= 0.3 is 0 Å². The van der Waals surface area contributed by atoms with E-state index in [9.17, 15) is 9.18 Å². The van der Waals surface area contributed by atoms with E-state index in [1.807, 2.05) is 11.1 Å². The van der Waals surface area contributed by atoms with Crippen molar-refractivity contribution in [2.24, 2.45) is 4.99 Å². The largest absolute Gasteiger partial charge is 0.361 e. The van der Waals surface area contributed by atoms with Crippen LogP contribution < -0.4 is 5.32 Å². The first kappa shape index (κ1) is 24.8. The monoisotopic (exact) mass is 556 g/mol. The lowest BCUT2D eigenvalue weighted by molar-refractivity contribution is -0.133. The first-order chi connectivity index (χ1) is 15.1. The van der Waals surface area contributed by atoms with E-state index in [1.165, 1.54) is 12.5 Å². The fourth-order valence-electron chi connectivity index (χ4n) is 4.55. The van der Waals surface area contributed by atoms with Gasteiger partial charge in [0.05, 0.1) is 6.54 Å². The third-order valence-corrected chi connectivity index (χ3v) is 6.36. The van der Waals surface area contributed by atoms with E-state index < -0.39 is 0 Å². The lowest BCUT2D eigenvalue weighted by atomic mass is 10.1. The molecular formula is C23H34FIN6O. The van der Waals surface area contributed by atoms with E-state index in [0.717, 1.165) is 87.5 Å². The maximum Gasteiger partial charge on any atom is 0.236 e. The molecule has 0 spiro atoms. The number of hydrogen-bond donors (Lipinski definition) is 2. The summed E-state index contributed by atoms with van der Waals surface area (Å²) in [5, 5.41) is 4.37. The molecule has 0 saturated carbocycles. The van der Waals surface area contributed by atoms with Crippen LogP contribution in [-0.4, -0.2) is 91.0 Å². The number of aromatic amines is 1. The zero-order chi connectivity index (χ0) is 21.6. The number of aromatic nitrogens is 1. The van der Waals surface area contributed by atoms with Crippen molar-refractivity contribution in [3.8, 4) is 0 Å². The SMILES string of the molecule is CN=C(NCCc1c[nH]c2ccc(F)cc12)N1CCN(CC(=O)N2CCCCC2)CC1.I. The molecule has 2 aliphatic heterocycles. The number of nitrogens with one attached hydrogen (secondary N) is 2. The van der Waals surface area contributed by atoms with Crippen molar-refractivity contribution in [1.29, 1.82) is 0 Å². The summed E-state index contributed by atoms with van der Waals surface area (Å²) in [7, 11) is 1.80. The second-order valence-electron chi connectivity index (χ2n) is 8.43. The van der Waals surface area contributed by atoms with Crippen LogP contribution in [0.1, 0.15) is 24.8 Å². The molecule has 3 heterocycles. The number of carbonyl (C=O) groups is 1. The van der Waals surface area contributed by atoms with Crippen molar-refractivity contribution in [1.82, 2.24) is 25.0 Å². The molecule has 2 aromatic rings. The van der Waals surface area contributed by atoms with E-state index in [1.54, 1.807) is 19.2 Å². The van der Waals surface area contributed by atoms with Crippen LogP contribution in [0.4, 0.5) is 4.39 Å². The highest BCUT2D eigenvalue weighted by Crippen LogP contribution is 2.19. The van der Waals surface area contributed by atoms with E-state index in [4.69, 9.17) is 0 Å². The molecule has 1 aromatic heterocycles. The quantitative estimate of drug-likeness (QED) is 0.338. The number of hydrogen-bond acceptors (Lipinski definition) is 3. The first-order valence-electron chi connectivity index (χ1n) is 11.4. The lowest BCUT2D eigenvalue weighted by Gasteiger charge is -2.37. The minimum absolute atomic E-state index is 0. The molecule has 7 nitrogen and oxygen atoms in total. The number of rotatable bonds is 5. The van der Waals surface area contributed by atoms with E-state index in [0.29, 0.717) is 6.54 Å². The molecule has 2 aliphatic rings. The summed E-state index contributed by atoms with van der Waals surface area (Å²) in [6.07, 6.45) is 6.25. The van der Waals surface area contributed by atoms with Gasteiger partial charge in [-0.05, 0) is 49.4 Å². The molecule has 2 N–H and O–H groups in total. The molecule has 4 rings (SSSR count). The van der Waals surface area contributed by atoms with Crippen molar-refractivity contribution in [3.63, 3.8) is 0 Å². The number of aliphatic imine (C=N–C) groups is 1. The maximum absolute atomic E-state index is 13.6. The number of piperidine rings is 1. The zero-order valence-electron chi connectivity index (χ0n) is 18.8. The molecule has 32 heavy (non-hydrogen) atoms. The predicted octanol–water partition coefficient (Wildman–Crippen LogP) is 2.67. The van der Waals surface area contributed by atoms with Gasteiger partial charge in [0.15, 0.2) is 5.96 Å². The minimum atomic E-state index is -0.214. The van der Waals surface area contributed by atoms with Crippen LogP contribution in [0.15, 0.2) is 29.4 Å². The number of benzene rings is 1. The highest BCUT2D eigenvalue weighted by Gasteiger charge is 2.24. The van der Waals surface area contributed by atoms with Crippen LogP contribution in [0.25, 0.3) is 10.9 Å². The van der Waals surface area contributed by atoms with Gasteiger partial charge in [-0.3, -0.25) is 14.7 Å².